The minimum atomic E-state index is -0.0244. The number of rotatable bonds is 0. The number of ether oxygens (including phenoxy) is 1. The van der Waals surface area contributed by atoms with Crippen LogP contribution in [0.2, 0.25) is 10.0 Å². The zero-order valence-corrected chi connectivity index (χ0v) is 9.11. The van der Waals surface area contributed by atoms with E-state index in [2.05, 4.69) is 0 Å². The Balaban J connectivity index is 2.53. The molecule has 76 valence electrons. The Bertz CT molecular complexity index is 354. The van der Waals surface area contributed by atoms with E-state index in [-0.39, 0.29) is 6.04 Å². The highest BCUT2D eigenvalue weighted by atomic mass is 35.5. The standard InChI is InChI=1S/C10H11Cl2NO/c11-6-4-7-9(13)2-1-3-14-10(7)8(12)5-6/h4-5,9H,1-3,13H2/t9-/m0/s1. The molecule has 0 bridgehead atoms. The van der Waals surface area contributed by atoms with Crippen LogP contribution in [-0.4, -0.2) is 6.61 Å². The minimum Gasteiger partial charge on any atom is -0.492 e. The highest BCUT2D eigenvalue weighted by Gasteiger charge is 2.19. The zero-order valence-electron chi connectivity index (χ0n) is 7.59. The minimum absolute atomic E-state index is 0.0244. The topological polar surface area (TPSA) is 35.2 Å². The van der Waals surface area contributed by atoms with E-state index in [1.165, 1.54) is 0 Å². The normalized spacial score (nSPS) is 20.9. The fourth-order valence-electron chi connectivity index (χ4n) is 1.64. The van der Waals surface area contributed by atoms with Crippen molar-refractivity contribution in [3.05, 3.63) is 27.7 Å². The molecule has 0 aromatic heterocycles. The van der Waals surface area contributed by atoms with E-state index in [1.807, 2.05) is 6.07 Å². The highest BCUT2D eigenvalue weighted by Crippen LogP contribution is 2.38. The molecule has 1 aromatic rings. The van der Waals surface area contributed by atoms with Crippen molar-refractivity contribution in [1.29, 1.82) is 0 Å². The lowest BCUT2D eigenvalue weighted by atomic mass is 10.0. The summed E-state index contributed by atoms with van der Waals surface area (Å²) in [5.74, 6) is 0.695. The number of hydrogen-bond acceptors (Lipinski definition) is 2. The molecular weight excluding hydrogens is 221 g/mol. The first-order valence-corrected chi connectivity index (χ1v) is 5.31. The van der Waals surface area contributed by atoms with Crippen molar-refractivity contribution in [2.45, 2.75) is 18.9 Å². The molecule has 1 aromatic carbocycles. The van der Waals surface area contributed by atoms with Crippen molar-refractivity contribution >= 4 is 23.2 Å². The van der Waals surface area contributed by atoms with Gasteiger partial charge in [0.1, 0.15) is 5.75 Å². The van der Waals surface area contributed by atoms with Gasteiger partial charge < -0.3 is 10.5 Å². The number of nitrogens with two attached hydrogens (primary N) is 1. The van der Waals surface area contributed by atoms with Gasteiger partial charge in [-0.2, -0.15) is 0 Å². The number of halogens is 2. The molecule has 0 amide bonds. The summed E-state index contributed by atoms with van der Waals surface area (Å²) in [4.78, 5) is 0. The summed E-state index contributed by atoms with van der Waals surface area (Å²) in [7, 11) is 0. The lowest BCUT2D eigenvalue weighted by molar-refractivity contribution is 0.316. The van der Waals surface area contributed by atoms with Crippen LogP contribution >= 0.6 is 23.2 Å². The predicted octanol–water partition coefficient (Wildman–Crippen LogP) is 3.17. The van der Waals surface area contributed by atoms with Crippen LogP contribution in [-0.2, 0) is 0 Å². The van der Waals surface area contributed by atoms with Crippen molar-refractivity contribution in [2.75, 3.05) is 6.61 Å². The van der Waals surface area contributed by atoms with Crippen molar-refractivity contribution in [1.82, 2.24) is 0 Å². The molecule has 0 unspecified atom stereocenters. The summed E-state index contributed by atoms with van der Waals surface area (Å²) in [6.45, 7) is 0.669. The molecule has 2 nitrogen and oxygen atoms in total. The SMILES string of the molecule is N[C@H]1CCCOc2c(Cl)cc(Cl)cc21. The Morgan fingerprint density at radius 3 is 2.93 bits per heavy atom. The van der Waals surface area contributed by atoms with E-state index >= 15 is 0 Å². The third-order valence-electron chi connectivity index (χ3n) is 2.34. The molecule has 1 heterocycles. The van der Waals surface area contributed by atoms with Gasteiger partial charge in [0.2, 0.25) is 0 Å². The zero-order chi connectivity index (χ0) is 10.1. The van der Waals surface area contributed by atoms with Gasteiger partial charge in [-0.25, -0.2) is 0 Å². The van der Waals surface area contributed by atoms with Crippen molar-refractivity contribution in [3.63, 3.8) is 0 Å². The third kappa shape index (κ3) is 1.83. The highest BCUT2D eigenvalue weighted by molar-refractivity contribution is 6.35. The van der Waals surface area contributed by atoms with Gasteiger partial charge in [-0.3, -0.25) is 0 Å². The van der Waals surface area contributed by atoms with E-state index in [4.69, 9.17) is 33.7 Å². The second-order valence-electron chi connectivity index (χ2n) is 3.40. The van der Waals surface area contributed by atoms with Crippen LogP contribution in [0.1, 0.15) is 24.4 Å². The van der Waals surface area contributed by atoms with E-state index in [1.54, 1.807) is 6.07 Å². The van der Waals surface area contributed by atoms with Gasteiger partial charge in [0.25, 0.3) is 0 Å². The molecule has 14 heavy (non-hydrogen) atoms. The molecule has 2 rings (SSSR count). The molecule has 0 saturated heterocycles. The van der Waals surface area contributed by atoms with Gasteiger partial charge in [-0.15, -0.1) is 0 Å². The van der Waals surface area contributed by atoms with Crippen molar-refractivity contribution < 1.29 is 4.74 Å². The van der Waals surface area contributed by atoms with Crippen LogP contribution in [0, 0.1) is 0 Å². The lowest BCUT2D eigenvalue weighted by Gasteiger charge is -2.13. The number of benzene rings is 1. The Labute approximate surface area is 92.9 Å². The first kappa shape index (κ1) is 10.1. The quantitative estimate of drug-likeness (QED) is 0.745. The Morgan fingerprint density at radius 2 is 2.14 bits per heavy atom. The molecule has 1 atom stereocenters. The largest absolute Gasteiger partial charge is 0.492 e. The van der Waals surface area contributed by atoms with Crippen molar-refractivity contribution in [2.24, 2.45) is 5.73 Å². The lowest BCUT2D eigenvalue weighted by Crippen LogP contribution is -2.09. The van der Waals surface area contributed by atoms with E-state index < -0.39 is 0 Å². The summed E-state index contributed by atoms with van der Waals surface area (Å²) in [5, 5.41) is 1.15. The van der Waals surface area contributed by atoms with Crippen LogP contribution in [0.3, 0.4) is 0 Å². The summed E-state index contributed by atoms with van der Waals surface area (Å²) in [6.07, 6.45) is 1.85. The Kier molecular flexibility index (Phi) is 2.86. The first-order chi connectivity index (χ1) is 6.68. The predicted molar refractivity (Wildman–Crippen MR) is 58.1 cm³/mol. The van der Waals surface area contributed by atoms with Crippen LogP contribution < -0.4 is 10.5 Å². The van der Waals surface area contributed by atoms with Crippen LogP contribution in [0.25, 0.3) is 0 Å². The Hall–Kier alpha value is -0.440. The van der Waals surface area contributed by atoms with E-state index in [0.717, 1.165) is 18.4 Å². The monoisotopic (exact) mass is 231 g/mol. The molecular formula is C10H11Cl2NO. The van der Waals surface area contributed by atoms with Gasteiger partial charge in [0.15, 0.2) is 0 Å². The van der Waals surface area contributed by atoms with Crippen LogP contribution in [0.4, 0.5) is 0 Å². The molecule has 4 heteroatoms. The molecule has 2 N–H and O–H groups in total. The molecule has 0 fully saturated rings. The summed E-state index contributed by atoms with van der Waals surface area (Å²) >= 11 is 11.9. The molecule has 1 aliphatic rings. The summed E-state index contributed by atoms with van der Waals surface area (Å²) in [6, 6.07) is 3.49. The van der Waals surface area contributed by atoms with Gasteiger partial charge in [0.05, 0.1) is 11.6 Å². The fourth-order valence-corrected chi connectivity index (χ4v) is 2.20. The average molecular weight is 232 g/mol. The van der Waals surface area contributed by atoms with Crippen LogP contribution in [0.15, 0.2) is 12.1 Å². The molecule has 0 saturated carbocycles. The average Bonchev–Trinajstić information content (AvgIpc) is 2.29. The van der Waals surface area contributed by atoms with Gasteiger partial charge >= 0.3 is 0 Å². The van der Waals surface area contributed by atoms with Crippen molar-refractivity contribution in [3.8, 4) is 5.75 Å². The van der Waals surface area contributed by atoms with Crippen LogP contribution in [0.5, 0.6) is 5.75 Å². The summed E-state index contributed by atoms with van der Waals surface area (Å²) < 4.78 is 5.53. The maximum absolute atomic E-state index is 6.02. The van der Waals surface area contributed by atoms with E-state index in [0.29, 0.717) is 22.4 Å². The third-order valence-corrected chi connectivity index (χ3v) is 2.84. The van der Waals surface area contributed by atoms with Gasteiger partial charge in [-0.1, -0.05) is 23.2 Å². The van der Waals surface area contributed by atoms with E-state index in [9.17, 15) is 0 Å². The smallest absolute Gasteiger partial charge is 0.142 e. The summed E-state index contributed by atoms with van der Waals surface area (Å²) in [5.41, 5.74) is 6.90. The maximum atomic E-state index is 6.02. The Morgan fingerprint density at radius 1 is 1.36 bits per heavy atom. The molecule has 1 aliphatic heterocycles. The van der Waals surface area contributed by atoms with Gasteiger partial charge in [-0.05, 0) is 25.0 Å². The molecule has 0 aliphatic carbocycles. The van der Waals surface area contributed by atoms with Gasteiger partial charge in [0, 0.05) is 16.6 Å². The second-order valence-corrected chi connectivity index (χ2v) is 4.25. The molecule has 0 spiro atoms. The number of fused-ring (bicyclic) bond motifs is 1. The second kappa shape index (κ2) is 3.97. The number of hydrogen-bond donors (Lipinski definition) is 1. The maximum Gasteiger partial charge on any atom is 0.142 e. The molecule has 0 radical (unpaired) electrons. The first-order valence-electron chi connectivity index (χ1n) is 4.56. The fraction of sp³-hybridized carbons (Fsp3) is 0.400.